The summed E-state index contributed by atoms with van der Waals surface area (Å²) in [6.45, 7) is 20.1. The number of likely N-dealkylation sites (tertiary alicyclic amines) is 1. The van der Waals surface area contributed by atoms with Crippen molar-refractivity contribution < 1.29 is 4.79 Å². The summed E-state index contributed by atoms with van der Waals surface area (Å²) in [4.78, 5) is 13.2. The van der Waals surface area contributed by atoms with Crippen LogP contribution in [0.3, 0.4) is 0 Å². The predicted molar refractivity (Wildman–Crippen MR) is 79.2 cm³/mol. The summed E-state index contributed by atoms with van der Waals surface area (Å²) in [5.74, 6) is 1.13. The van der Waals surface area contributed by atoms with Gasteiger partial charge in [0.15, 0.2) is 0 Å². The standard InChI is InChI=1S/C9H17NO.2C2H6.C2H4/c1-3-9(11)10-6-4-8(2)5-7-10;3*1-2/h8H,3-7H2,1-2H3;2*1-2H3;1-2H2. The van der Waals surface area contributed by atoms with Crippen molar-refractivity contribution in [1.82, 2.24) is 4.90 Å². The van der Waals surface area contributed by atoms with Crippen LogP contribution in [0.25, 0.3) is 0 Å². The lowest BCUT2D eigenvalue weighted by molar-refractivity contribution is -0.132. The lowest BCUT2D eigenvalue weighted by Crippen LogP contribution is -2.37. The van der Waals surface area contributed by atoms with Gasteiger partial charge in [-0.1, -0.05) is 41.5 Å². The summed E-state index contributed by atoms with van der Waals surface area (Å²) in [5, 5.41) is 0. The van der Waals surface area contributed by atoms with Crippen molar-refractivity contribution in [3.05, 3.63) is 13.2 Å². The van der Waals surface area contributed by atoms with Crippen LogP contribution in [0.5, 0.6) is 0 Å². The Morgan fingerprint density at radius 3 is 1.76 bits per heavy atom. The molecule has 17 heavy (non-hydrogen) atoms. The Morgan fingerprint density at radius 2 is 1.47 bits per heavy atom. The summed E-state index contributed by atoms with van der Waals surface area (Å²) in [7, 11) is 0. The Hall–Kier alpha value is -0.790. The normalized spacial score (nSPS) is 14.1. The number of rotatable bonds is 1. The molecule has 0 aromatic heterocycles. The van der Waals surface area contributed by atoms with Crippen LogP contribution in [0.4, 0.5) is 0 Å². The zero-order valence-corrected chi connectivity index (χ0v) is 12.9. The first-order chi connectivity index (χ1) is 8.24. The maximum atomic E-state index is 11.2. The number of carbonyl (C=O) groups is 1. The first kappa shape index (κ1) is 21.5. The van der Waals surface area contributed by atoms with E-state index in [0.717, 1.165) is 19.0 Å². The molecular weight excluding hydrogens is 210 g/mol. The highest BCUT2D eigenvalue weighted by Gasteiger charge is 2.18. The van der Waals surface area contributed by atoms with Gasteiger partial charge in [0.2, 0.25) is 5.91 Å². The van der Waals surface area contributed by atoms with Gasteiger partial charge in [-0.25, -0.2) is 0 Å². The van der Waals surface area contributed by atoms with E-state index in [1.54, 1.807) is 0 Å². The second-order valence-corrected chi connectivity index (χ2v) is 3.42. The monoisotopic (exact) mass is 243 g/mol. The Morgan fingerprint density at radius 1 is 1.12 bits per heavy atom. The van der Waals surface area contributed by atoms with Gasteiger partial charge >= 0.3 is 0 Å². The SMILES string of the molecule is C=C.CC.CC.CCC(=O)N1CCC(C)CC1. The van der Waals surface area contributed by atoms with Gasteiger partial charge in [0, 0.05) is 19.5 Å². The Balaban J connectivity index is -0.000000285. The van der Waals surface area contributed by atoms with Crippen LogP contribution in [-0.4, -0.2) is 23.9 Å². The molecule has 2 nitrogen and oxygen atoms in total. The smallest absolute Gasteiger partial charge is 0.222 e. The molecule has 0 spiro atoms. The third-order valence-electron chi connectivity index (χ3n) is 2.44. The van der Waals surface area contributed by atoms with Crippen molar-refractivity contribution >= 4 is 5.91 Å². The van der Waals surface area contributed by atoms with E-state index in [9.17, 15) is 4.79 Å². The maximum absolute atomic E-state index is 11.2. The Bertz CT molecular complexity index is 149. The Kier molecular flexibility index (Phi) is 22.2. The first-order valence-corrected chi connectivity index (χ1v) is 7.01. The van der Waals surface area contributed by atoms with Crippen molar-refractivity contribution in [3.8, 4) is 0 Å². The van der Waals surface area contributed by atoms with Gasteiger partial charge in [0.05, 0.1) is 0 Å². The second kappa shape index (κ2) is 17.6. The molecule has 0 N–H and O–H groups in total. The number of amides is 1. The molecule has 0 aromatic carbocycles. The molecule has 1 amide bonds. The summed E-state index contributed by atoms with van der Waals surface area (Å²) in [6, 6.07) is 0. The molecule has 104 valence electrons. The predicted octanol–water partition coefficient (Wildman–Crippen LogP) is 4.51. The number of piperidine rings is 1. The van der Waals surface area contributed by atoms with Crippen molar-refractivity contribution in [2.24, 2.45) is 5.92 Å². The molecule has 0 unspecified atom stereocenters. The minimum atomic E-state index is 0.317. The number of hydrogen-bond acceptors (Lipinski definition) is 1. The van der Waals surface area contributed by atoms with Gasteiger partial charge in [0.25, 0.3) is 0 Å². The van der Waals surface area contributed by atoms with Gasteiger partial charge < -0.3 is 4.90 Å². The molecule has 0 aromatic rings. The Labute approximate surface area is 109 Å². The van der Waals surface area contributed by atoms with Gasteiger partial charge in [0.1, 0.15) is 0 Å². The van der Waals surface area contributed by atoms with Crippen molar-refractivity contribution in [2.75, 3.05) is 13.1 Å². The largest absolute Gasteiger partial charge is 0.343 e. The van der Waals surface area contributed by atoms with Crippen LogP contribution < -0.4 is 0 Å². The van der Waals surface area contributed by atoms with Crippen molar-refractivity contribution in [3.63, 3.8) is 0 Å². The third kappa shape index (κ3) is 11.5. The minimum absolute atomic E-state index is 0.317. The van der Waals surface area contributed by atoms with Crippen LogP contribution >= 0.6 is 0 Å². The first-order valence-electron chi connectivity index (χ1n) is 7.01. The second-order valence-electron chi connectivity index (χ2n) is 3.42. The highest BCUT2D eigenvalue weighted by molar-refractivity contribution is 5.75. The molecular formula is C15H33NO. The number of carbonyl (C=O) groups excluding carboxylic acids is 1. The van der Waals surface area contributed by atoms with E-state index in [4.69, 9.17) is 0 Å². The van der Waals surface area contributed by atoms with E-state index < -0.39 is 0 Å². The lowest BCUT2D eigenvalue weighted by atomic mass is 9.99. The summed E-state index contributed by atoms with van der Waals surface area (Å²) < 4.78 is 0. The highest BCUT2D eigenvalue weighted by atomic mass is 16.2. The fraction of sp³-hybridized carbons (Fsp3) is 0.800. The van der Waals surface area contributed by atoms with Crippen LogP contribution in [-0.2, 0) is 4.79 Å². The zero-order chi connectivity index (χ0) is 14.3. The third-order valence-corrected chi connectivity index (χ3v) is 2.44. The van der Waals surface area contributed by atoms with E-state index >= 15 is 0 Å². The molecule has 1 aliphatic heterocycles. The molecule has 0 atom stereocenters. The number of nitrogens with zero attached hydrogens (tertiary/aromatic N) is 1. The highest BCUT2D eigenvalue weighted by Crippen LogP contribution is 2.16. The molecule has 0 bridgehead atoms. The summed E-state index contributed by atoms with van der Waals surface area (Å²) in [6.07, 6.45) is 3.03. The molecule has 1 fully saturated rings. The molecule has 0 saturated carbocycles. The number of hydrogen-bond donors (Lipinski definition) is 0. The molecule has 0 aliphatic carbocycles. The van der Waals surface area contributed by atoms with Crippen molar-refractivity contribution in [2.45, 2.75) is 60.8 Å². The van der Waals surface area contributed by atoms with E-state index in [1.807, 2.05) is 39.5 Å². The average Bonchev–Trinajstić information content (AvgIpc) is 2.45. The quantitative estimate of drug-likeness (QED) is 0.620. The van der Waals surface area contributed by atoms with E-state index in [1.165, 1.54) is 12.8 Å². The van der Waals surface area contributed by atoms with Crippen LogP contribution in [0.1, 0.15) is 60.8 Å². The van der Waals surface area contributed by atoms with Crippen LogP contribution in [0, 0.1) is 5.92 Å². The van der Waals surface area contributed by atoms with Crippen molar-refractivity contribution in [1.29, 1.82) is 0 Å². The topological polar surface area (TPSA) is 20.3 Å². The molecule has 1 aliphatic rings. The lowest BCUT2D eigenvalue weighted by Gasteiger charge is -2.29. The molecule has 1 saturated heterocycles. The summed E-state index contributed by atoms with van der Waals surface area (Å²) in [5.41, 5.74) is 0. The van der Waals surface area contributed by atoms with Gasteiger partial charge in [-0.15, -0.1) is 13.2 Å². The zero-order valence-electron chi connectivity index (χ0n) is 12.9. The fourth-order valence-corrected chi connectivity index (χ4v) is 1.48. The van der Waals surface area contributed by atoms with E-state index in [2.05, 4.69) is 20.1 Å². The van der Waals surface area contributed by atoms with Crippen LogP contribution in [0.2, 0.25) is 0 Å². The molecule has 1 heterocycles. The fourth-order valence-electron chi connectivity index (χ4n) is 1.48. The van der Waals surface area contributed by atoms with Gasteiger partial charge in [-0.2, -0.15) is 0 Å². The van der Waals surface area contributed by atoms with Gasteiger partial charge in [-0.05, 0) is 18.8 Å². The van der Waals surface area contributed by atoms with Gasteiger partial charge in [-0.3, -0.25) is 4.79 Å². The maximum Gasteiger partial charge on any atom is 0.222 e. The van der Waals surface area contributed by atoms with Crippen LogP contribution in [0.15, 0.2) is 13.2 Å². The molecule has 0 radical (unpaired) electrons. The molecule has 2 heteroatoms. The average molecular weight is 243 g/mol. The van der Waals surface area contributed by atoms with E-state index in [0.29, 0.717) is 12.3 Å². The minimum Gasteiger partial charge on any atom is -0.343 e. The van der Waals surface area contributed by atoms with E-state index in [-0.39, 0.29) is 0 Å². The molecule has 1 rings (SSSR count). The summed E-state index contributed by atoms with van der Waals surface area (Å²) >= 11 is 0.